The molecule has 2 atom stereocenters. The molecular formula is C32H42N4O6. The third kappa shape index (κ3) is 9.88. The average molecular weight is 579 g/mol. The van der Waals surface area contributed by atoms with Crippen molar-refractivity contribution in [3.63, 3.8) is 0 Å². The van der Waals surface area contributed by atoms with Gasteiger partial charge in [0.05, 0.1) is 6.04 Å². The minimum absolute atomic E-state index is 0.0713. The summed E-state index contributed by atoms with van der Waals surface area (Å²) in [6.07, 6.45) is 3.70. The molecule has 0 bridgehead atoms. The van der Waals surface area contributed by atoms with E-state index in [1.807, 2.05) is 11.0 Å². The molecule has 0 spiro atoms. The number of nitrogens with zero attached hydrogens (tertiary/aromatic N) is 1. The number of carbonyl (C=O) groups excluding carboxylic acids is 3. The second-order valence-electron chi connectivity index (χ2n) is 11.2. The van der Waals surface area contributed by atoms with E-state index in [-0.39, 0.29) is 18.6 Å². The van der Waals surface area contributed by atoms with Crippen molar-refractivity contribution in [2.75, 3.05) is 13.1 Å². The first kappa shape index (κ1) is 33.8. The summed E-state index contributed by atoms with van der Waals surface area (Å²) >= 11 is 0. The Labute approximate surface area is 247 Å². The number of carboxylic acid groups (broad SMARTS) is 1. The van der Waals surface area contributed by atoms with E-state index in [4.69, 9.17) is 0 Å². The molecule has 0 aromatic heterocycles. The minimum Gasteiger partial charge on any atom is -0.508 e. The van der Waals surface area contributed by atoms with E-state index in [0.717, 1.165) is 11.1 Å². The molecule has 10 nitrogen and oxygen atoms in total. The number of aliphatic carboxylic acids is 1. The molecule has 0 saturated carbocycles. The maximum Gasteiger partial charge on any atom is 0.326 e. The standard InChI is InChI=1S/C32H42N4O6/c1-7-18-36(19-8-2)26(21-23-14-16-24(37)17-15-23)27(38)34-32(5,6)30(42)35-31(3,4)29(41)33-25(28(39)40)20-22-12-10-9-11-13-22/h7-17,25-26,37H,1-2,18-21H2,3-6H3,(H,33,41)(H,34,38)(H,35,42)(H,39,40)/t25-,26-/m0/s1. The predicted molar refractivity (Wildman–Crippen MR) is 162 cm³/mol. The van der Waals surface area contributed by atoms with Crippen LogP contribution in [0.2, 0.25) is 0 Å². The highest BCUT2D eigenvalue weighted by Crippen LogP contribution is 2.16. The van der Waals surface area contributed by atoms with Gasteiger partial charge in [-0.15, -0.1) is 13.2 Å². The van der Waals surface area contributed by atoms with Crippen LogP contribution in [0.1, 0.15) is 38.8 Å². The molecule has 0 heterocycles. The summed E-state index contributed by atoms with van der Waals surface area (Å²) in [5.74, 6) is -2.84. The first-order valence-corrected chi connectivity index (χ1v) is 13.7. The summed E-state index contributed by atoms with van der Waals surface area (Å²) in [4.78, 5) is 53.8. The number of nitrogens with one attached hydrogen (secondary N) is 3. The highest BCUT2D eigenvalue weighted by molar-refractivity contribution is 5.97. The Balaban J connectivity index is 2.17. The van der Waals surface area contributed by atoms with Crippen LogP contribution in [0, 0.1) is 0 Å². The molecule has 3 amide bonds. The first-order chi connectivity index (χ1) is 19.7. The zero-order chi connectivity index (χ0) is 31.5. The molecule has 0 fully saturated rings. The summed E-state index contributed by atoms with van der Waals surface area (Å²) in [7, 11) is 0. The predicted octanol–water partition coefficient (Wildman–Crippen LogP) is 2.58. The van der Waals surface area contributed by atoms with Gasteiger partial charge in [0.1, 0.15) is 22.9 Å². The van der Waals surface area contributed by atoms with Gasteiger partial charge >= 0.3 is 5.97 Å². The van der Waals surface area contributed by atoms with Crippen molar-refractivity contribution in [3.8, 4) is 5.75 Å². The summed E-state index contributed by atoms with van der Waals surface area (Å²) < 4.78 is 0. The monoisotopic (exact) mass is 578 g/mol. The molecule has 5 N–H and O–H groups in total. The minimum atomic E-state index is -1.49. The summed E-state index contributed by atoms with van der Waals surface area (Å²) in [5, 5.41) is 27.3. The smallest absolute Gasteiger partial charge is 0.326 e. The van der Waals surface area contributed by atoms with Gasteiger partial charge in [0.15, 0.2) is 0 Å². The number of rotatable bonds is 16. The lowest BCUT2D eigenvalue weighted by Crippen LogP contribution is -2.65. The molecule has 226 valence electrons. The Kier molecular flexibility index (Phi) is 12.0. The normalized spacial score (nSPS) is 13.0. The van der Waals surface area contributed by atoms with Gasteiger partial charge in [0.2, 0.25) is 17.7 Å². The molecule has 42 heavy (non-hydrogen) atoms. The highest BCUT2D eigenvalue weighted by atomic mass is 16.4. The van der Waals surface area contributed by atoms with Crippen molar-refractivity contribution in [3.05, 3.63) is 91.0 Å². The molecule has 2 aromatic carbocycles. The molecule has 0 aliphatic rings. The number of carbonyl (C=O) groups is 4. The number of phenols is 1. The van der Waals surface area contributed by atoms with Crippen LogP contribution in [0.3, 0.4) is 0 Å². The van der Waals surface area contributed by atoms with Gasteiger partial charge in [0, 0.05) is 19.5 Å². The Bertz CT molecular complexity index is 1250. The van der Waals surface area contributed by atoms with Crippen molar-refractivity contribution in [1.29, 1.82) is 0 Å². The fourth-order valence-corrected chi connectivity index (χ4v) is 4.24. The van der Waals surface area contributed by atoms with Gasteiger partial charge in [-0.05, 0) is 57.4 Å². The lowest BCUT2D eigenvalue weighted by Gasteiger charge is -2.35. The van der Waals surface area contributed by atoms with Crippen LogP contribution in [-0.2, 0) is 32.0 Å². The second-order valence-corrected chi connectivity index (χ2v) is 11.2. The molecule has 0 radical (unpaired) electrons. The quantitative estimate of drug-likeness (QED) is 0.192. The second kappa shape index (κ2) is 15.0. The number of hydrogen-bond acceptors (Lipinski definition) is 6. The Morgan fingerprint density at radius 3 is 1.86 bits per heavy atom. The average Bonchev–Trinajstić information content (AvgIpc) is 2.92. The maximum atomic E-state index is 13.6. The van der Waals surface area contributed by atoms with Crippen molar-refractivity contribution >= 4 is 23.7 Å². The largest absolute Gasteiger partial charge is 0.508 e. The fraction of sp³-hybridized carbons (Fsp3) is 0.375. The summed E-state index contributed by atoms with van der Waals surface area (Å²) in [6, 6.07) is 13.5. The third-order valence-electron chi connectivity index (χ3n) is 6.72. The molecule has 0 unspecified atom stereocenters. The number of amides is 3. The fourth-order valence-electron chi connectivity index (χ4n) is 4.24. The lowest BCUT2D eigenvalue weighted by molar-refractivity contribution is -0.143. The van der Waals surface area contributed by atoms with E-state index in [0.29, 0.717) is 13.1 Å². The summed E-state index contributed by atoms with van der Waals surface area (Å²) in [5.41, 5.74) is -1.40. The van der Waals surface area contributed by atoms with Crippen molar-refractivity contribution in [2.45, 2.75) is 63.7 Å². The number of hydrogen-bond donors (Lipinski definition) is 5. The van der Waals surface area contributed by atoms with Gasteiger partial charge < -0.3 is 26.2 Å². The SMILES string of the molecule is C=CCN(CC=C)[C@@H](Cc1ccc(O)cc1)C(=O)NC(C)(C)C(=O)NC(C)(C)C(=O)N[C@@H](Cc1ccccc1)C(=O)O. The zero-order valence-electron chi connectivity index (χ0n) is 24.7. The number of phenolic OH excluding ortho intramolecular Hbond substituents is 1. The van der Waals surface area contributed by atoms with Crippen molar-refractivity contribution < 1.29 is 29.4 Å². The number of benzene rings is 2. The van der Waals surface area contributed by atoms with Crippen LogP contribution in [0.5, 0.6) is 5.75 Å². The lowest BCUT2D eigenvalue weighted by atomic mass is 9.96. The van der Waals surface area contributed by atoms with E-state index in [1.54, 1.807) is 48.6 Å². The van der Waals surface area contributed by atoms with E-state index >= 15 is 0 Å². The first-order valence-electron chi connectivity index (χ1n) is 13.7. The third-order valence-corrected chi connectivity index (χ3v) is 6.72. The maximum absolute atomic E-state index is 13.6. The Morgan fingerprint density at radius 2 is 1.33 bits per heavy atom. The van der Waals surface area contributed by atoms with Gasteiger partial charge in [-0.1, -0.05) is 54.6 Å². The van der Waals surface area contributed by atoms with Gasteiger partial charge in [-0.2, -0.15) is 0 Å². The van der Waals surface area contributed by atoms with Gasteiger partial charge in [-0.25, -0.2) is 4.79 Å². The van der Waals surface area contributed by atoms with Crippen LogP contribution < -0.4 is 16.0 Å². The molecule has 2 aromatic rings. The molecule has 10 heteroatoms. The van der Waals surface area contributed by atoms with E-state index < -0.39 is 46.9 Å². The molecule has 0 saturated heterocycles. The van der Waals surface area contributed by atoms with Crippen LogP contribution in [0.15, 0.2) is 79.9 Å². The topological polar surface area (TPSA) is 148 Å². The molecular weight excluding hydrogens is 536 g/mol. The van der Waals surface area contributed by atoms with E-state index in [2.05, 4.69) is 29.1 Å². The number of carboxylic acids is 1. The van der Waals surface area contributed by atoms with Gasteiger partial charge in [0.25, 0.3) is 0 Å². The number of aromatic hydroxyl groups is 1. The Morgan fingerprint density at radius 1 is 0.810 bits per heavy atom. The molecule has 0 aliphatic heterocycles. The van der Waals surface area contributed by atoms with Gasteiger partial charge in [-0.3, -0.25) is 19.3 Å². The van der Waals surface area contributed by atoms with Crippen LogP contribution >= 0.6 is 0 Å². The Hall–Kier alpha value is -4.44. The highest BCUT2D eigenvalue weighted by Gasteiger charge is 2.39. The summed E-state index contributed by atoms with van der Waals surface area (Å²) in [6.45, 7) is 14.3. The molecule has 0 aliphatic carbocycles. The van der Waals surface area contributed by atoms with E-state index in [9.17, 15) is 29.4 Å². The van der Waals surface area contributed by atoms with Crippen molar-refractivity contribution in [2.24, 2.45) is 0 Å². The van der Waals surface area contributed by atoms with Crippen LogP contribution in [0.4, 0.5) is 0 Å². The van der Waals surface area contributed by atoms with Crippen LogP contribution in [-0.4, -0.2) is 75.1 Å². The van der Waals surface area contributed by atoms with Crippen LogP contribution in [0.25, 0.3) is 0 Å². The zero-order valence-corrected chi connectivity index (χ0v) is 24.7. The van der Waals surface area contributed by atoms with E-state index in [1.165, 1.54) is 39.8 Å². The van der Waals surface area contributed by atoms with Crippen molar-refractivity contribution in [1.82, 2.24) is 20.9 Å². The molecule has 2 rings (SSSR count).